The number of hydrogen-bond acceptors (Lipinski definition) is 3. The van der Waals surface area contributed by atoms with Crippen LogP contribution in [0.25, 0.3) is 0 Å². The quantitative estimate of drug-likeness (QED) is 0.814. The van der Waals surface area contributed by atoms with E-state index in [1.807, 2.05) is 26.0 Å². The van der Waals surface area contributed by atoms with Gasteiger partial charge >= 0.3 is 5.97 Å². The summed E-state index contributed by atoms with van der Waals surface area (Å²) in [5.41, 5.74) is 2.18. The van der Waals surface area contributed by atoms with Crippen molar-refractivity contribution in [2.24, 2.45) is 0 Å². The van der Waals surface area contributed by atoms with Crippen molar-refractivity contribution >= 4 is 17.6 Å². The topological polar surface area (TPSA) is 55.8 Å². The van der Waals surface area contributed by atoms with Gasteiger partial charge in [-0.2, -0.15) is 0 Å². The normalized spacial score (nSPS) is 10.3. The molecule has 0 spiro atoms. The van der Waals surface area contributed by atoms with Gasteiger partial charge in [-0.3, -0.25) is 0 Å². The highest BCUT2D eigenvalue weighted by atomic mass is 35.5. The molecule has 0 aromatic heterocycles. The van der Waals surface area contributed by atoms with Crippen LogP contribution in [0, 0.1) is 13.8 Å². The van der Waals surface area contributed by atoms with Gasteiger partial charge in [0.1, 0.15) is 24.7 Å². The Labute approximate surface area is 134 Å². The van der Waals surface area contributed by atoms with Crippen LogP contribution in [0.15, 0.2) is 36.4 Å². The first-order chi connectivity index (χ1) is 10.5. The van der Waals surface area contributed by atoms with Crippen molar-refractivity contribution in [1.82, 2.24) is 0 Å². The van der Waals surface area contributed by atoms with E-state index < -0.39 is 5.97 Å². The van der Waals surface area contributed by atoms with E-state index in [2.05, 4.69) is 0 Å². The van der Waals surface area contributed by atoms with Crippen LogP contribution >= 0.6 is 11.6 Å². The second-order valence-electron chi connectivity index (χ2n) is 4.90. The molecule has 0 fully saturated rings. The Hall–Kier alpha value is -2.20. The highest BCUT2D eigenvalue weighted by molar-refractivity contribution is 6.32. The van der Waals surface area contributed by atoms with E-state index in [-0.39, 0.29) is 5.56 Å². The molecular formula is C17H17ClO4. The van der Waals surface area contributed by atoms with Gasteiger partial charge in [0.2, 0.25) is 0 Å². The molecule has 2 rings (SSSR count). The van der Waals surface area contributed by atoms with Crippen LogP contribution in [-0.2, 0) is 0 Å². The van der Waals surface area contributed by atoms with Gasteiger partial charge in [-0.25, -0.2) is 4.79 Å². The van der Waals surface area contributed by atoms with Crippen LogP contribution in [-0.4, -0.2) is 24.3 Å². The lowest BCUT2D eigenvalue weighted by Crippen LogP contribution is -2.09. The van der Waals surface area contributed by atoms with Crippen molar-refractivity contribution in [3.63, 3.8) is 0 Å². The first-order valence-electron chi connectivity index (χ1n) is 6.83. The average molecular weight is 321 g/mol. The van der Waals surface area contributed by atoms with Gasteiger partial charge in [-0.1, -0.05) is 11.6 Å². The fourth-order valence-electron chi connectivity index (χ4n) is 2.00. The number of carboxylic acids is 1. The lowest BCUT2D eigenvalue weighted by atomic mass is 10.1. The van der Waals surface area contributed by atoms with E-state index in [9.17, 15) is 4.79 Å². The molecule has 0 saturated carbocycles. The maximum atomic E-state index is 10.7. The Bertz CT molecular complexity index is 642. The number of carboxylic acid groups (broad SMARTS) is 1. The molecule has 4 nitrogen and oxygen atoms in total. The molecule has 0 bridgehead atoms. The summed E-state index contributed by atoms with van der Waals surface area (Å²) in [6, 6.07) is 10.0. The minimum Gasteiger partial charge on any atom is -0.490 e. The predicted octanol–water partition coefficient (Wildman–Crippen LogP) is 4.11. The minimum atomic E-state index is -0.955. The van der Waals surface area contributed by atoms with Crippen LogP contribution in [0.5, 0.6) is 11.5 Å². The first-order valence-corrected chi connectivity index (χ1v) is 7.21. The Morgan fingerprint density at radius 1 is 1.00 bits per heavy atom. The van der Waals surface area contributed by atoms with E-state index in [1.165, 1.54) is 12.1 Å². The van der Waals surface area contributed by atoms with Crippen LogP contribution in [0.1, 0.15) is 21.5 Å². The second-order valence-corrected chi connectivity index (χ2v) is 5.28. The number of aryl methyl sites for hydroxylation is 2. The van der Waals surface area contributed by atoms with E-state index in [4.69, 9.17) is 26.2 Å². The number of ether oxygens (including phenoxy) is 2. The molecule has 116 valence electrons. The molecule has 0 aliphatic carbocycles. The Morgan fingerprint density at radius 2 is 1.50 bits per heavy atom. The molecule has 22 heavy (non-hydrogen) atoms. The summed E-state index contributed by atoms with van der Waals surface area (Å²) in [5, 5.41) is 9.56. The van der Waals surface area contributed by atoms with Crippen molar-refractivity contribution in [2.75, 3.05) is 13.2 Å². The molecule has 0 unspecified atom stereocenters. The van der Waals surface area contributed by atoms with Crippen molar-refractivity contribution in [1.29, 1.82) is 0 Å². The fourth-order valence-corrected chi connectivity index (χ4v) is 2.11. The zero-order valence-electron chi connectivity index (χ0n) is 12.4. The van der Waals surface area contributed by atoms with Gasteiger partial charge in [0.25, 0.3) is 0 Å². The summed E-state index contributed by atoms with van der Waals surface area (Å²) >= 11 is 6.10. The molecule has 1 N–H and O–H groups in total. The zero-order valence-corrected chi connectivity index (χ0v) is 13.2. The molecular weight excluding hydrogens is 304 g/mol. The maximum absolute atomic E-state index is 10.7. The first kappa shape index (κ1) is 16.2. The van der Waals surface area contributed by atoms with E-state index in [0.29, 0.717) is 19.0 Å². The van der Waals surface area contributed by atoms with Crippen LogP contribution in [0.3, 0.4) is 0 Å². The predicted molar refractivity (Wildman–Crippen MR) is 85.3 cm³/mol. The second kappa shape index (κ2) is 7.18. The van der Waals surface area contributed by atoms with E-state index >= 15 is 0 Å². The molecule has 0 aliphatic heterocycles. The number of hydrogen-bond donors (Lipinski definition) is 1. The summed E-state index contributed by atoms with van der Waals surface area (Å²) < 4.78 is 11.1. The summed E-state index contributed by atoms with van der Waals surface area (Å²) in [5.74, 6) is 0.407. The van der Waals surface area contributed by atoms with Crippen molar-refractivity contribution in [3.8, 4) is 11.5 Å². The van der Waals surface area contributed by atoms with Gasteiger partial charge in [0.05, 0.1) is 5.56 Å². The molecule has 0 aliphatic rings. The highest BCUT2D eigenvalue weighted by Crippen LogP contribution is 2.25. The summed E-state index contributed by atoms with van der Waals surface area (Å²) in [7, 11) is 0. The lowest BCUT2D eigenvalue weighted by Gasteiger charge is -2.11. The third-order valence-electron chi connectivity index (χ3n) is 3.13. The molecule has 0 saturated heterocycles. The summed E-state index contributed by atoms with van der Waals surface area (Å²) in [6.45, 7) is 4.62. The molecule has 0 heterocycles. The number of benzene rings is 2. The fraction of sp³-hybridized carbons (Fsp3) is 0.235. The Kier molecular flexibility index (Phi) is 5.28. The molecule has 2 aromatic rings. The van der Waals surface area contributed by atoms with Crippen molar-refractivity contribution in [2.45, 2.75) is 13.8 Å². The van der Waals surface area contributed by atoms with E-state index in [1.54, 1.807) is 12.1 Å². The maximum Gasteiger partial charge on any atom is 0.335 e. The van der Waals surface area contributed by atoms with Gasteiger partial charge in [-0.05, 0) is 61.4 Å². The highest BCUT2D eigenvalue weighted by Gasteiger charge is 2.04. The molecule has 0 amide bonds. The van der Waals surface area contributed by atoms with Crippen molar-refractivity contribution < 1.29 is 19.4 Å². The standard InChI is InChI=1S/C17H17ClO4/c1-11-9-15(10-12(2)16(11)18)22-8-7-21-14-5-3-13(4-6-14)17(19)20/h3-6,9-10H,7-8H2,1-2H3,(H,19,20). The SMILES string of the molecule is Cc1cc(OCCOc2ccc(C(=O)O)cc2)cc(C)c1Cl. The summed E-state index contributed by atoms with van der Waals surface area (Å²) in [6.07, 6.45) is 0. The monoisotopic (exact) mass is 320 g/mol. The van der Waals surface area contributed by atoms with Gasteiger partial charge in [-0.15, -0.1) is 0 Å². The zero-order chi connectivity index (χ0) is 16.1. The molecule has 2 aromatic carbocycles. The Balaban J connectivity index is 1.83. The molecule has 0 radical (unpaired) electrons. The number of carbonyl (C=O) groups is 1. The smallest absolute Gasteiger partial charge is 0.335 e. The van der Waals surface area contributed by atoms with Gasteiger partial charge < -0.3 is 14.6 Å². The van der Waals surface area contributed by atoms with Gasteiger partial charge in [0.15, 0.2) is 0 Å². The lowest BCUT2D eigenvalue weighted by molar-refractivity contribution is 0.0697. The minimum absolute atomic E-state index is 0.232. The van der Waals surface area contributed by atoms with Crippen LogP contribution in [0.2, 0.25) is 5.02 Å². The number of aromatic carboxylic acids is 1. The third kappa shape index (κ3) is 4.15. The number of halogens is 1. The largest absolute Gasteiger partial charge is 0.490 e. The number of rotatable bonds is 6. The van der Waals surface area contributed by atoms with E-state index in [0.717, 1.165) is 21.9 Å². The van der Waals surface area contributed by atoms with Crippen molar-refractivity contribution in [3.05, 3.63) is 58.1 Å². The third-order valence-corrected chi connectivity index (χ3v) is 3.73. The summed E-state index contributed by atoms with van der Waals surface area (Å²) in [4.78, 5) is 10.7. The Morgan fingerprint density at radius 3 is 2.00 bits per heavy atom. The molecule has 5 heteroatoms. The van der Waals surface area contributed by atoms with Gasteiger partial charge in [0, 0.05) is 5.02 Å². The van der Waals surface area contributed by atoms with Crippen LogP contribution in [0.4, 0.5) is 0 Å². The average Bonchev–Trinajstić information content (AvgIpc) is 2.49. The molecule has 0 atom stereocenters. The van der Waals surface area contributed by atoms with Crippen LogP contribution < -0.4 is 9.47 Å².